The average molecular weight is 605 g/mol. The fourth-order valence-electron chi connectivity index (χ4n) is 4.85. The van der Waals surface area contributed by atoms with Crippen LogP contribution in [0.2, 0.25) is 0 Å². The molecule has 0 aliphatic heterocycles. The first-order chi connectivity index (χ1) is 21.6. The predicted octanol–water partition coefficient (Wildman–Crippen LogP) is 5.69. The second-order valence-electron chi connectivity index (χ2n) is 11.0. The summed E-state index contributed by atoms with van der Waals surface area (Å²) < 4.78 is 0. The minimum absolute atomic E-state index is 0.110. The van der Waals surface area contributed by atoms with E-state index in [4.69, 9.17) is 0 Å². The van der Waals surface area contributed by atoms with Gasteiger partial charge in [0, 0.05) is 48.5 Å². The summed E-state index contributed by atoms with van der Waals surface area (Å²) >= 11 is 0. The molecule has 1 aromatic heterocycles. The summed E-state index contributed by atoms with van der Waals surface area (Å²) in [4.78, 5) is 45.0. The number of carbonyl (C=O) groups excluding carboxylic acids is 3. The molecule has 3 amide bonds. The Balaban J connectivity index is 1.33. The van der Waals surface area contributed by atoms with Gasteiger partial charge in [0.25, 0.3) is 5.91 Å². The van der Waals surface area contributed by atoms with Crippen molar-refractivity contribution in [3.05, 3.63) is 114 Å². The lowest BCUT2D eigenvalue weighted by atomic mass is 10.0. The number of allylic oxidation sites excluding steroid dienone is 1. The molecule has 0 unspecified atom stereocenters. The third kappa shape index (κ3) is 9.09. The van der Waals surface area contributed by atoms with Gasteiger partial charge in [-0.25, -0.2) is 0 Å². The maximum Gasteiger partial charge on any atom is 0.267 e. The van der Waals surface area contributed by atoms with Crippen molar-refractivity contribution in [2.75, 3.05) is 17.3 Å². The summed E-state index contributed by atoms with van der Waals surface area (Å²) in [6.07, 6.45) is 3.48. The number of fused-ring (bicyclic) bond motifs is 1. The highest BCUT2D eigenvalue weighted by Gasteiger charge is 2.25. The number of carbonyl (C=O) groups is 3. The van der Waals surface area contributed by atoms with Gasteiger partial charge in [0.2, 0.25) is 11.8 Å². The van der Waals surface area contributed by atoms with Crippen LogP contribution in [0, 0.1) is 6.92 Å². The molecule has 0 bridgehead atoms. The van der Waals surface area contributed by atoms with Gasteiger partial charge in [-0.1, -0.05) is 68.1 Å². The number of benzene rings is 3. The molecule has 9 heteroatoms. The summed E-state index contributed by atoms with van der Waals surface area (Å²) in [5.74, 6) is -0.800. The smallest absolute Gasteiger partial charge is 0.267 e. The average Bonchev–Trinajstić information content (AvgIpc) is 3.05. The van der Waals surface area contributed by atoms with Crippen molar-refractivity contribution in [2.45, 2.75) is 52.5 Å². The highest BCUT2D eigenvalue weighted by Crippen LogP contribution is 2.23. The molecule has 9 nitrogen and oxygen atoms in total. The number of hydrogen-bond acceptors (Lipinski definition) is 6. The quantitative estimate of drug-likeness (QED) is 0.134. The Kier molecular flexibility index (Phi) is 11.2. The highest BCUT2D eigenvalue weighted by molar-refractivity contribution is 6.38. The van der Waals surface area contributed by atoms with Gasteiger partial charge in [-0.05, 0) is 67.6 Å². The van der Waals surface area contributed by atoms with E-state index in [9.17, 15) is 14.4 Å². The molecule has 0 radical (unpaired) electrons. The second kappa shape index (κ2) is 15.4. The Morgan fingerprint density at radius 2 is 1.76 bits per heavy atom. The van der Waals surface area contributed by atoms with Crippen LogP contribution in [-0.4, -0.2) is 41.5 Å². The van der Waals surface area contributed by atoms with Gasteiger partial charge >= 0.3 is 0 Å². The van der Waals surface area contributed by atoms with Gasteiger partial charge in [-0.2, -0.15) is 5.10 Å². The molecular formula is C36H40N6O3. The molecule has 3 N–H and O–H groups in total. The predicted molar refractivity (Wildman–Crippen MR) is 181 cm³/mol. The van der Waals surface area contributed by atoms with Crippen molar-refractivity contribution in [1.82, 2.24) is 15.7 Å². The number of hydrazone groups is 1. The molecule has 1 heterocycles. The van der Waals surface area contributed by atoms with Gasteiger partial charge < -0.3 is 15.5 Å². The minimum atomic E-state index is -0.745. The van der Waals surface area contributed by atoms with Crippen LogP contribution in [0.3, 0.4) is 0 Å². The van der Waals surface area contributed by atoms with Crippen molar-refractivity contribution < 1.29 is 14.4 Å². The van der Waals surface area contributed by atoms with Crippen molar-refractivity contribution in [3.63, 3.8) is 0 Å². The lowest BCUT2D eigenvalue weighted by Gasteiger charge is -2.25. The molecule has 4 rings (SSSR count). The zero-order valence-electron chi connectivity index (χ0n) is 26.3. The number of aryl methyl sites for hydroxylation is 2. The molecule has 45 heavy (non-hydrogen) atoms. The molecular weight excluding hydrogens is 564 g/mol. The molecule has 0 saturated heterocycles. The third-order valence-corrected chi connectivity index (χ3v) is 7.48. The Hall–Kier alpha value is -5.31. The topological polar surface area (TPSA) is 116 Å². The first kappa shape index (κ1) is 32.6. The van der Waals surface area contributed by atoms with Crippen LogP contribution in [0.1, 0.15) is 43.4 Å². The number of pyridine rings is 1. The van der Waals surface area contributed by atoms with E-state index in [0.717, 1.165) is 33.3 Å². The number of rotatable bonds is 13. The molecule has 4 aromatic rings. The van der Waals surface area contributed by atoms with Crippen LogP contribution in [0.25, 0.3) is 10.9 Å². The largest absolute Gasteiger partial charge is 0.339 e. The van der Waals surface area contributed by atoms with E-state index in [0.29, 0.717) is 30.6 Å². The maximum absolute atomic E-state index is 13.5. The van der Waals surface area contributed by atoms with Gasteiger partial charge in [0.15, 0.2) is 0 Å². The first-order valence-corrected chi connectivity index (χ1v) is 15.0. The fourth-order valence-corrected chi connectivity index (χ4v) is 4.85. The summed E-state index contributed by atoms with van der Waals surface area (Å²) in [7, 11) is 1.69. The number of likely N-dealkylation sites (N-methyl/N-ethyl adjacent to an activating group) is 1. The minimum Gasteiger partial charge on any atom is -0.339 e. The molecule has 0 aliphatic carbocycles. The zero-order chi connectivity index (χ0) is 32.3. The Morgan fingerprint density at radius 1 is 0.978 bits per heavy atom. The van der Waals surface area contributed by atoms with Crippen LogP contribution >= 0.6 is 0 Å². The Morgan fingerprint density at radius 3 is 2.51 bits per heavy atom. The van der Waals surface area contributed by atoms with E-state index in [1.807, 2.05) is 92.7 Å². The number of hydrogen-bond donors (Lipinski definition) is 3. The second-order valence-corrected chi connectivity index (χ2v) is 11.0. The van der Waals surface area contributed by atoms with Crippen LogP contribution in [-0.2, 0) is 27.2 Å². The van der Waals surface area contributed by atoms with E-state index in [1.165, 1.54) is 0 Å². The third-order valence-electron chi connectivity index (χ3n) is 7.48. The van der Waals surface area contributed by atoms with Crippen LogP contribution < -0.4 is 21.0 Å². The number of nitrogens with zero attached hydrogens (tertiary/aromatic N) is 3. The van der Waals surface area contributed by atoms with Gasteiger partial charge in [0.1, 0.15) is 11.8 Å². The summed E-state index contributed by atoms with van der Waals surface area (Å²) in [5, 5.41) is 10.9. The lowest BCUT2D eigenvalue weighted by Crippen LogP contribution is -2.49. The number of nitrogens with one attached hydrogen (secondary N) is 3. The van der Waals surface area contributed by atoms with Gasteiger partial charge in [-0.3, -0.25) is 24.8 Å². The number of amides is 3. The van der Waals surface area contributed by atoms with Crippen LogP contribution in [0.15, 0.2) is 102 Å². The van der Waals surface area contributed by atoms with E-state index in [1.54, 1.807) is 25.1 Å². The number of anilines is 2. The SMILES string of the molecule is C=C(Cc1ccccc1)N/N=C(\C)C(=O)N[C@@H](CC)C(=O)N(C)c1cc(CCC(=O)Nc2ccc3cccnc3c2)ccc1C. The molecule has 0 fully saturated rings. The first-order valence-electron chi connectivity index (χ1n) is 15.0. The Bertz CT molecular complexity index is 1720. The Labute approximate surface area is 264 Å². The van der Waals surface area contributed by atoms with Crippen molar-refractivity contribution >= 4 is 45.7 Å². The molecule has 3 aromatic carbocycles. The van der Waals surface area contributed by atoms with Crippen LogP contribution in [0.4, 0.5) is 11.4 Å². The molecule has 0 saturated carbocycles. The number of aromatic nitrogens is 1. The molecule has 232 valence electrons. The van der Waals surface area contributed by atoms with Gasteiger partial charge in [-0.15, -0.1) is 0 Å². The van der Waals surface area contributed by atoms with Gasteiger partial charge in [0.05, 0.1) is 5.52 Å². The van der Waals surface area contributed by atoms with E-state index in [2.05, 4.69) is 32.7 Å². The standard InChI is InChI=1S/C36H40N6O3/c1-6-31(39-35(44)26(4)41-40-25(3)21-27-11-8-7-9-12-27)36(45)42(5)33-22-28(15-14-24(33)2)16-19-34(43)38-30-18-17-29-13-10-20-37-32(29)23-30/h7-15,17-18,20,22-23,31,40H,3,6,16,19,21H2,1-2,4-5H3,(H,38,43)(H,39,44)/b41-26+/t31-/m0/s1. The van der Waals surface area contributed by atoms with Crippen LogP contribution in [0.5, 0.6) is 0 Å². The summed E-state index contributed by atoms with van der Waals surface area (Å²) in [6, 6.07) is 24.4. The summed E-state index contributed by atoms with van der Waals surface area (Å²) in [5.41, 5.74) is 8.82. The zero-order valence-corrected chi connectivity index (χ0v) is 26.3. The van der Waals surface area contributed by atoms with E-state index >= 15 is 0 Å². The fraction of sp³-hybridized carbons (Fsp3) is 0.250. The normalized spacial score (nSPS) is 11.9. The van der Waals surface area contributed by atoms with E-state index in [-0.39, 0.29) is 23.9 Å². The van der Waals surface area contributed by atoms with Crippen molar-refractivity contribution in [3.8, 4) is 0 Å². The molecule has 0 aliphatic rings. The van der Waals surface area contributed by atoms with Crippen molar-refractivity contribution in [1.29, 1.82) is 0 Å². The summed E-state index contributed by atoms with van der Waals surface area (Å²) in [6.45, 7) is 9.33. The van der Waals surface area contributed by atoms with E-state index < -0.39 is 11.9 Å². The molecule has 1 atom stereocenters. The molecule has 0 spiro atoms. The lowest BCUT2D eigenvalue weighted by molar-refractivity contribution is -0.124. The monoisotopic (exact) mass is 604 g/mol. The van der Waals surface area contributed by atoms with Crippen molar-refractivity contribution in [2.24, 2.45) is 5.10 Å². The maximum atomic E-state index is 13.5. The highest BCUT2D eigenvalue weighted by atomic mass is 16.2.